The number of nitrogens with zero attached hydrogens (tertiary/aromatic N) is 3. The Balaban J connectivity index is 1.60. The van der Waals surface area contributed by atoms with Crippen LogP contribution < -0.4 is 5.32 Å². The van der Waals surface area contributed by atoms with Crippen LogP contribution in [0.2, 0.25) is 0 Å². The van der Waals surface area contributed by atoms with Gasteiger partial charge in [-0.15, -0.1) is 0 Å². The lowest BCUT2D eigenvalue weighted by molar-refractivity contribution is 0.142. The second-order valence-corrected chi connectivity index (χ2v) is 6.70. The Kier molecular flexibility index (Phi) is 5.31. The maximum absolute atomic E-state index is 4.88. The van der Waals surface area contributed by atoms with Crippen LogP contribution in [0.25, 0.3) is 0 Å². The van der Waals surface area contributed by atoms with Gasteiger partial charge in [-0.05, 0) is 25.3 Å². The molecule has 2 aliphatic rings. The third kappa shape index (κ3) is 3.86. The van der Waals surface area contributed by atoms with Crippen molar-refractivity contribution in [3.05, 3.63) is 18.0 Å². The molecule has 4 heteroatoms. The maximum Gasteiger partial charge on any atom is 0.0765 e. The molecule has 1 saturated heterocycles. The maximum atomic E-state index is 4.88. The van der Waals surface area contributed by atoms with Gasteiger partial charge in [0.25, 0.3) is 0 Å². The van der Waals surface area contributed by atoms with Gasteiger partial charge in [-0.3, -0.25) is 9.58 Å². The molecule has 2 heterocycles. The molecule has 1 atom stereocenters. The van der Waals surface area contributed by atoms with Crippen LogP contribution in [0.3, 0.4) is 0 Å². The molecule has 21 heavy (non-hydrogen) atoms. The molecule has 1 aromatic rings. The summed E-state index contributed by atoms with van der Waals surface area (Å²) in [6.45, 7) is 6.71. The molecular formula is C17H30N4. The lowest BCUT2D eigenvalue weighted by Crippen LogP contribution is -2.50. The summed E-state index contributed by atoms with van der Waals surface area (Å²) < 4.78 is 2.24. The molecule has 1 N–H and O–H groups in total. The Morgan fingerprint density at radius 2 is 2.14 bits per heavy atom. The SMILES string of the molecule is CCCC1CNCCN1Cc1ccn(C2CCCCC2)n1. The fraction of sp³-hybridized carbons (Fsp3) is 0.824. The van der Waals surface area contributed by atoms with E-state index in [9.17, 15) is 0 Å². The molecule has 1 unspecified atom stereocenters. The van der Waals surface area contributed by atoms with Crippen LogP contribution >= 0.6 is 0 Å². The summed E-state index contributed by atoms with van der Waals surface area (Å²) in [5.41, 5.74) is 1.25. The van der Waals surface area contributed by atoms with E-state index in [1.165, 1.54) is 50.6 Å². The van der Waals surface area contributed by atoms with E-state index in [-0.39, 0.29) is 0 Å². The average molecular weight is 290 g/mol. The van der Waals surface area contributed by atoms with Gasteiger partial charge in [0.15, 0.2) is 0 Å². The van der Waals surface area contributed by atoms with Gasteiger partial charge in [0, 0.05) is 38.4 Å². The predicted octanol–water partition coefficient (Wildman–Crippen LogP) is 2.96. The van der Waals surface area contributed by atoms with E-state index in [0.29, 0.717) is 12.1 Å². The summed E-state index contributed by atoms with van der Waals surface area (Å²) in [5.74, 6) is 0. The number of hydrogen-bond acceptors (Lipinski definition) is 3. The quantitative estimate of drug-likeness (QED) is 0.905. The van der Waals surface area contributed by atoms with Gasteiger partial charge in [0.1, 0.15) is 0 Å². The zero-order chi connectivity index (χ0) is 14.5. The first-order chi connectivity index (χ1) is 10.4. The third-order valence-corrected chi connectivity index (χ3v) is 5.07. The van der Waals surface area contributed by atoms with Crippen molar-refractivity contribution in [1.29, 1.82) is 0 Å². The van der Waals surface area contributed by atoms with E-state index in [2.05, 4.69) is 34.1 Å². The second-order valence-electron chi connectivity index (χ2n) is 6.70. The van der Waals surface area contributed by atoms with E-state index in [4.69, 9.17) is 5.10 Å². The van der Waals surface area contributed by atoms with Crippen molar-refractivity contribution >= 4 is 0 Å². The topological polar surface area (TPSA) is 33.1 Å². The fourth-order valence-corrected chi connectivity index (χ4v) is 3.85. The minimum atomic E-state index is 0.655. The fourth-order valence-electron chi connectivity index (χ4n) is 3.85. The highest BCUT2D eigenvalue weighted by Gasteiger charge is 2.22. The molecule has 0 radical (unpaired) electrons. The van der Waals surface area contributed by atoms with Crippen molar-refractivity contribution in [2.24, 2.45) is 0 Å². The van der Waals surface area contributed by atoms with E-state index in [0.717, 1.165) is 26.2 Å². The van der Waals surface area contributed by atoms with Crippen molar-refractivity contribution in [2.75, 3.05) is 19.6 Å². The smallest absolute Gasteiger partial charge is 0.0765 e. The first-order valence-corrected chi connectivity index (χ1v) is 8.85. The van der Waals surface area contributed by atoms with E-state index in [1.807, 2.05) is 0 Å². The molecule has 118 valence electrons. The van der Waals surface area contributed by atoms with E-state index >= 15 is 0 Å². The van der Waals surface area contributed by atoms with Gasteiger partial charge >= 0.3 is 0 Å². The lowest BCUT2D eigenvalue weighted by Gasteiger charge is -2.35. The molecule has 1 aliphatic carbocycles. The van der Waals surface area contributed by atoms with Crippen molar-refractivity contribution in [3.63, 3.8) is 0 Å². The number of nitrogens with one attached hydrogen (secondary N) is 1. The number of hydrogen-bond donors (Lipinski definition) is 1. The second kappa shape index (κ2) is 7.41. The molecule has 1 aliphatic heterocycles. The van der Waals surface area contributed by atoms with Crippen LogP contribution in [0.15, 0.2) is 12.3 Å². The summed E-state index contributed by atoms with van der Waals surface area (Å²) in [6, 6.07) is 3.57. The molecule has 3 rings (SSSR count). The predicted molar refractivity (Wildman–Crippen MR) is 86.3 cm³/mol. The average Bonchev–Trinajstić information content (AvgIpc) is 2.99. The Hall–Kier alpha value is -0.870. The third-order valence-electron chi connectivity index (χ3n) is 5.07. The Morgan fingerprint density at radius 3 is 2.95 bits per heavy atom. The standard InChI is InChI=1S/C17H30N4/c1-2-6-17-13-18-10-12-20(17)14-15-9-11-21(19-15)16-7-4-3-5-8-16/h9,11,16-18H,2-8,10,12-14H2,1H3. The van der Waals surface area contributed by atoms with Crippen LogP contribution in [0.1, 0.15) is 63.6 Å². The molecule has 2 fully saturated rings. The summed E-state index contributed by atoms with van der Waals surface area (Å²) in [6.07, 6.45) is 11.5. The molecule has 0 aromatic carbocycles. The number of aromatic nitrogens is 2. The lowest BCUT2D eigenvalue weighted by atomic mass is 9.96. The van der Waals surface area contributed by atoms with Crippen LogP contribution in [-0.4, -0.2) is 40.4 Å². The molecule has 4 nitrogen and oxygen atoms in total. The van der Waals surface area contributed by atoms with E-state index in [1.54, 1.807) is 0 Å². The minimum Gasteiger partial charge on any atom is -0.314 e. The highest BCUT2D eigenvalue weighted by molar-refractivity contribution is 5.01. The van der Waals surface area contributed by atoms with Crippen LogP contribution in [0.4, 0.5) is 0 Å². The Bertz CT molecular complexity index is 420. The van der Waals surface area contributed by atoms with Gasteiger partial charge in [-0.2, -0.15) is 5.10 Å². The molecular weight excluding hydrogens is 260 g/mol. The summed E-state index contributed by atoms with van der Waals surface area (Å²) in [5, 5.41) is 8.40. The molecule has 0 bridgehead atoms. The summed E-state index contributed by atoms with van der Waals surface area (Å²) in [7, 11) is 0. The van der Waals surface area contributed by atoms with Crippen LogP contribution in [0, 0.1) is 0 Å². The normalized spacial score (nSPS) is 25.3. The Labute approximate surface area is 128 Å². The molecule has 1 aromatic heterocycles. The first-order valence-electron chi connectivity index (χ1n) is 8.85. The molecule has 1 saturated carbocycles. The van der Waals surface area contributed by atoms with Gasteiger partial charge in [-0.25, -0.2) is 0 Å². The van der Waals surface area contributed by atoms with Gasteiger partial charge < -0.3 is 5.32 Å². The highest BCUT2D eigenvalue weighted by Crippen LogP contribution is 2.27. The van der Waals surface area contributed by atoms with Crippen molar-refractivity contribution in [3.8, 4) is 0 Å². The van der Waals surface area contributed by atoms with Crippen molar-refractivity contribution < 1.29 is 0 Å². The summed E-state index contributed by atoms with van der Waals surface area (Å²) >= 11 is 0. The monoisotopic (exact) mass is 290 g/mol. The van der Waals surface area contributed by atoms with Crippen molar-refractivity contribution in [2.45, 2.75) is 70.5 Å². The highest BCUT2D eigenvalue weighted by atomic mass is 15.3. The van der Waals surface area contributed by atoms with E-state index < -0.39 is 0 Å². The van der Waals surface area contributed by atoms with Gasteiger partial charge in [0.05, 0.1) is 11.7 Å². The zero-order valence-electron chi connectivity index (χ0n) is 13.4. The number of rotatable bonds is 5. The number of piperazine rings is 1. The molecule has 0 amide bonds. The molecule has 0 spiro atoms. The van der Waals surface area contributed by atoms with Gasteiger partial charge in [0.2, 0.25) is 0 Å². The first kappa shape index (κ1) is 15.0. The summed E-state index contributed by atoms with van der Waals surface area (Å²) in [4.78, 5) is 2.62. The van der Waals surface area contributed by atoms with Crippen LogP contribution in [-0.2, 0) is 6.54 Å². The van der Waals surface area contributed by atoms with Gasteiger partial charge in [-0.1, -0.05) is 32.6 Å². The Morgan fingerprint density at radius 1 is 1.29 bits per heavy atom. The largest absolute Gasteiger partial charge is 0.314 e. The zero-order valence-corrected chi connectivity index (χ0v) is 13.4. The minimum absolute atomic E-state index is 0.655. The van der Waals surface area contributed by atoms with Crippen LogP contribution in [0.5, 0.6) is 0 Å². The van der Waals surface area contributed by atoms with Crippen molar-refractivity contribution in [1.82, 2.24) is 20.0 Å².